The molecule has 0 bridgehead atoms. The summed E-state index contributed by atoms with van der Waals surface area (Å²) in [6, 6.07) is 14.0. The second kappa shape index (κ2) is 11.0. The molecule has 0 radical (unpaired) electrons. The Morgan fingerprint density at radius 1 is 0.926 bits per heavy atom. The molecule has 6 nitrogen and oxygen atoms in total. The van der Waals surface area contributed by atoms with Crippen LogP contribution in [0.4, 0.5) is 0 Å². The second-order valence-electron chi connectivity index (χ2n) is 5.87. The third-order valence-corrected chi connectivity index (χ3v) is 4.08. The maximum Gasteiger partial charge on any atom is 0.191 e. The Kier molecular flexibility index (Phi) is 8.29. The molecule has 0 heterocycles. The number of nitrogens with zero attached hydrogens (tertiary/aromatic N) is 1. The average Bonchev–Trinajstić information content (AvgIpc) is 2.71. The summed E-state index contributed by atoms with van der Waals surface area (Å²) in [5, 5.41) is 6.65. The lowest BCUT2D eigenvalue weighted by Crippen LogP contribution is -2.37. The predicted molar refractivity (Wildman–Crippen MR) is 109 cm³/mol. The first-order valence-corrected chi connectivity index (χ1v) is 9.07. The summed E-state index contributed by atoms with van der Waals surface area (Å²) < 4.78 is 16.1. The largest absolute Gasteiger partial charge is 0.497 e. The van der Waals surface area contributed by atoms with Gasteiger partial charge in [0.05, 0.1) is 20.8 Å². The van der Waals surface area contributed by atoms with E-state index in [1.165, 1.54) is 5.56 Å². The van der Waals surface area contributed by atoms with Crippen LogP contribution in [0.2, 0.25) is 0 Å². The zero-order valence-corrected chi connectivity index (χ0v) is 16.5. The van der Waals surface area contributed by atoms with Crippen molar-refractivity contribution in [3.05, 3.63) is 53.6 Å². The van der Waals surface area contributed by atoms with Gasteiger partial charge in [0.2, 0.25) is 0 Å². The first kappa shape index (κ1) is 20.4. The summed E-state index contributed by atoms with van der Waals surface area (Å²) in [7, 11) is 5.08. The molecule has 0 aromatic heterocycles. The van der Waals surface area contributed by atoms with Crippen LogP contribution in [-0.2, 0) is 13.0 Å². The Labute approximate surface area is 161 Å². The summed E-state index contributed by atoms with van der Waals surface area (Å²) >= 11 is 0. The van der Waals surface area contributed by atoms with Crippen molar-refractivity contribution in [2.24, 2.45) is 4.99 Å². The van der Waals surface area contributed by atoms with E-state index < -0.39 is 0 Å². The Balaban J connectivity index is 1.83. The molecule has 0 fully saturated rings. The highest BCUT2D eigenvalue weighted by Gasteiger charge is 2.06. The third-order valence-electron chi connectivity index (χ3n) is 4.08. The summed E-state index contributed by atoms with van der Waals surface area (Å²) in [5.74, 6) is 3.12. The molecule has 0 atom stereocenters. The van der Waals surface area contributed by atoms with E-state index in [4.69, 9.17) is 14.2 Å². The quantitative estimate of drug-likeness (QED) is 0.524. The fourth-order valence-corrected chi connectivity index (χ4v) is 2.62. The minimum absolute atomic E-state index is 0.599. The van der Waals surface area contributed by atoms with E-state index in [9.17, 15) is 0 Å². The van der Waals surface area contributed by atoms with Crippen LogP contribution < -0.4 is 24.8 Å². The summed E-state index contributed by atoms with van der Waals surface area (Å²) in [6.07, 6.45) is 0.904. The van der Waals surface area contributed by atoms with Gasteiger partial charge >= 0.3 is 0 Å². The van der Waals surface area contributed by atoms with Crippen LogP contribution >= 0.6 is 0 Å². The molecule has 2 aromatic carbocycles. The zero-order chi connectivity index (χ0) is 19.5. The molecule has 2 aromatic rings. The molecule has 0 amide bonds. The van der Waals surface area contributed by atoms with Gasteiger partial charge in [-0.15, -0.1) is 0 Å². The summed E-state index contributed by atoms with van der Waals surface area (Å²) in [6.45, 7) is 3.99. The fraction of sp³-hybridized carbons (Fsp3) is 0.381. The Morgan fingerprint density at radius 3 is 2.30 bits per heavy atom. The third kappa shape index (κ3) is 6.40. The molecule has 0 aliphatic rings. The van der Waals surface area contributed by atoms with Crippen LogP contribution in [0.3, 0.4) is 0 Å². The van der Waals surface area contributed by atoms with Gasteiger partial charge in [0.25, 0.3) is 0 Å². The zero-order valence-electron chi connectivity index (χ0n) is 16.5. The molecular weight excluding hydrogens is 342 g/mol. The van der Waals surface area contributed by atoms with E-state index in [0.29, 0.717) is 13.2 Å². The highest BCUT2D eigenvalue weighted by Crippen LogP contribution is 2.27. The van der Waals surface area contributed by atoms with Crippen molar-refractivity contribution < 1.29 is 14.2 Å². The van der Waals surface area contributed by atoms with Gasteiger partial charge in [-0.1, -0.05) is 18.2 Å². The lowest BCUT2D eigenvalue weighted by atomic mass is 10.1. The number of rotatable bonds is 9. The van der Waals surface area contributed by atoms with Crippen molar-refractivity contribution in [2.45, 2.75) is 19.9 Å². The van der Waals surface area contributed by atoms with Crippen LogP contribution in [0.15, 0.2) is 47.5 Å². The molecule has 0 aliphatic carbocycles. The monoisotopic (exact) mass is 371 g/mol. The maximum atomic E-state index is 5.62. The van der Waals surface area contributed by atoms with Crippen molar-refractivity contribution in [1.29, 1.82) is 0 Å². The van der Waals surface area contributed by atoms with E-state index in [2.05, 4.69) is 27.8 Å². The Hall–Kier alpha value is -2.89. The molecule has 2 N–H and O–H groups in total. The van der Waals surface area contributed by atoms with Gasteiger partial charge < -0.3 is 24.8 Å². The van der Waals surface area contributed by atoms with Gasteiger partial charge in [-0.25, -0.2) is 0 Å². The molecule has 6 heteroatoms. The number of aliphatic imine (C=N–C) groups is 1. The molecule has 0 unspecified atom stereocenters. The topological polar surface area (TPSA) is 64.1 Å². The van der Waals surface area contributed by atoms with Crippen LogP contribution in [0, 0.1) is 0 Å². The molecule has 0 saturated carbocycles. The number of hydrogen-bond donors (Lipinski definition) is 2. The van der Waals surface area contributed by atoms with Gasteiger partial charge in [0, 0.05) is 20.1 Å². The number of methoxy groups -OCH3 is 2. The number of guanidine groups is 1. The Bertz CT molecular complexity index is 730. The van der Waals surface area contributed by atoms with E-state index in [1.807, 2.05) is 37.3 Å². The fourth-order valence-electron chi connectivity index (χ4n) is 2.62. The van der Waals surface area contributed by atoms with E-state index in [-0.39, 0.29) is 0 Å². The standard InChI is InChI=1S/C21H29N3O3/c1-5-27-20-14-17(8-11-19(20)26-4)15-24-21(22-2)23-13-12-16-6-9-18(25-3)10-7-16/h6-11,14H,5,12-13,15H2,1-4H3,(H2,22,23,24). The number of hydrogen-bond acceptors (Lipinski definition) is 4. The number of ether oxygens (including phenoxy) is 3. The second-order valence-corrected chi connectivity index (χ2v) is 5.87. The highest BCUT2D eigenvalue weighted by molar-refractivity contribution is 5.79. The lowest BCUT2D eigenvalue weighted by molar-refractivity contribution is 0.310. The van der Waals surface area contributed by atoms with Crippen LogP contribution in [-0.4, -0.2) is 40.4 Å². The predicted octanol–water partition coefficient (Wildman–Crippen LogP) is 3.01. The van der Waals surface area contributed by atoms with Gasteiger partial charge in [0.15, 0.2) is 17.5 Å². The molecule has 0 aliphatic heterocycles. The average molecular weight is 371 g/mol. The van der Waals surface area contributed by atoms with Gasteiger partial charge in [-0.2, -0.15) is 0 Å². The lowest BCUT2D eigenvalue weighted by Gasteiger charge is -2.14. The van der Waals surface area contributed by atoms with E-state index in [1.54, 1.807) is 21.3 Å². The Morgan fingerprint density at radius 2 is 1.67 bits per heavy atom. The minimum Gasteiger partial charge on any atom is -0.497 e. The van der Waals surface area contributed by atoms with Crippen molar-refractivity contribution in [3.63, 3.8) is 0 Å². The SMILES string of the molecule is CCOc1cc(CNC(=NC)NCCc2ccc(OC)cc2)ccc1OC. The molecular formula is C21H29N3O3. The summed E-state index contributed by atoms with van der Waals surface area (Å²) in [4.78, 5) is 4.27. The van der Waals surface area contributed by atoms with Crippen molar-refractivity contribution in [2.75, 3.05) is 34.4 Å². The van der Waals surface area contributed by atoms with Crippen molar-refractivity contribution in [1.82, 2.24) is 10.6 Å². The smallest absolute Gasteiger partial charge is 0.191 e. The van der Waals surface area contributed by atoms with Crippen molar-refractivity contribution >= 4 is 5.96 Å². The van der Waals surface area contributed by atoms with E-state index in [0.717, 1.165) is 41.7 Å². The molecule has 2 rings (SSSR count). The van der Waals surface area contributed by atoms with Gasteiger partial charge in [0.1, 0.15) is 5.75 Å². The molecule has 0 spiro atoms. The highest BCUT2D eigenvalue weighted by atomic mass is 16.5. The van der Waals surface area contributed by atoms with Crippen LogP contribution in [0.25, 0.3) is 0 Å². The molecule has 146 valence electrons. The van der Waals surface area contributed by atoms with Crippen LogP contribution in [0.5, 0.6) is 17.2 Å². The normalized spacial score (nSPS) is 11.0. The van der Waals surface area contributed by atoms with Crippen LogP contribution in [0.1, 0.15) is 18.1 Å². The molecule has 27 heavy (non-hydrogen) atoms. The molecule has 0 saturated heterocycles. The maximum absolute atomic E-state index is 5.62. The van der Waals surface area contributed by atoms with Gasteiger partial charge in [-0.05, 0) is 48.7 Å². The first-order chi connectivity index (χ1) is 13.2. The van der Waals surface area contributed by atoms with Gasteiger partial charge in [-0.3, -0.25) is 4.99 Å². The number of benzene rings is 2. The first-order valence-electron chi connectivity index (χ1n) is 9.07. The summed E-state index contributed by atoms with van der Waals surface area (Å²) in [5.41, 5.74) is 2.34. The number of nitrogens with one attached hydrogen (secondary N) is 2. The van der Waals surface area contributed by atoms with E-state index >= 15 is 0 Å². The van der Waals surface area contributed by atoms with Crippen molar-refractivity contribution in [3.8, 4) is 17.2 Å². The minimum atomic E-state index is 0.599.